The Kier molecular flexibility index (Phi) is 6.42. The number of likely N-dealkylation sites (tertiary alicyclic amines) is 1. The average molecular weight is 379 g/mol. The number of urea groups is 1. The first-order chi connectivity index (χ1) is 13.5. The van der Waals surface area contributed by atoms with E-state index in [0.29, 0.717) is 18.5 Å². The summed E-state index contributed by atoms with van der Waals surface area (Å²) in [5.74, 6) is -0.257. The molecule has 1 aliphatic rings. The van der Waals surface area contributed by atoms with Crippen molar-refractivity contribution < 1.29 is 14.4 Å². The molecule has 2 N–H and O–H groups in total. The smallest absolute Gasteiger partial charge is 0.319 e. The number of anilines is 1. The second-order valence-electron chi connectivity index (χ2n) is 7.09. The molecule has 0 saturated carbocycles. The summed E-state index contributed by atoms with van der Waals surface area (Å²) in [5, 5.41) is 5.75. The van der Waals surface area contributed by atoms with Crippen LogP contribution in [0.2, 0.25) is 0 Å². The van der Waals surface area contributed by atoms with Gasteiger partial charge in [-0.3, -0.25) is 14.5 Å². The van der Waals surface area contributed by atoms with Crippen LogP contribution in [0.4, 0.5) is 10.5 Å². The Morgan fingerprint density at radius 3 is 2.25 bits per heavy atom. The second-order valence-corrected chi connectivity index (χ2v) is 7.09. The van der Waals surface area contributed by atoms with Crippen LogP contribution in [-0.4, -0.2) is 28.8 Å². The summed E-state index contributed by atoms with van der Waals surface area (Å²) in [6.07, 6.45) is 2.35. The lowest BCUT2D eigenvalue weighted by molar-refractivity contribution is -0.139. The molecule has 4 amide bonds. The minimum Gasteiger partial charge on any atom is -0.335 e. The third kappa shape index (κ3) is 5.42. The maximum Gasteiger partial charge on any atom is 0.319 e. The fraction of sp³-hybridized carbons (Fsp3) is 0.318. The van der Waals surface area contributed by atoms with Gasteiger partial charge in [0.05, 0.1) is 6.54 Å². The molecule has 1 heterocycles. The third-order valence-corrected chi connectivity index (χ3v) is 4.79. The highest BCUT2D eigenvalue weighted by Gasteiger charge is 2.28. The maximum absolute atomic E-state index is 12.2. The highest BCUT2D eigenvalue weighted by atomic mass is 16.2. The van der Waals surface area contributed by atoms with Crippen LogP contribution >= 0.6 is 0 Å². The number of amides is 4. The van der Waals surface area contributed by atoms with Gasteiger partial charge in [0.25, 0.3) is 0 Å². The molecule has 2 aromatic rings. The minimum absolute atomic E-state index is 0.0478. The topological polar surface area (TPSA) is 78.5 Å². The molecule has 0 unspecified atom stereocenters. The van der Waals surface area contributed by atoms with E-state index in [-0.39, 0.29) is 30.4 Å². The van der Waals surface area contributed by atoms with E-state index in [1.54, 1.807) is 12.1 Å². The molecule has 0 bridgehead atoms. The Hall–Kier alpha value is -3.15. The zero-order chi connectivity index (χ0) is 19.9. The van der Waals surface area contributed by atoms with Crippen LogP contribution in [0, 0.1) is 0 Å². The molecule has 0 aliphatic carbocycles. The fourth-order valence-electron chi connectivity index (χ4n) is 3.17. The number of nitrogens with zero attached hydrogens (tertiary/aromatic N) is 1. The number of hydrogen-bond acceptors (Lipinski definition) is 3. The van der Waals surface area contributed by atoms with Crippen LogP contribution in [0.3, 0.4) is 0 Å². The monoisotopic (exact) mass is 379 g/mol. The van der Waals surface area contributed by atoms with Gasteiger partial charge < -0.3 is 10.6 Å². The van der Waals surface area contributed by atoms with E-state index in [9.17, 15) is 14.4 Å². The largest absolute Gasteiger partial charge is 0.335 e. The summed E-state index contributed by atoms with van der Waals surface area (Å²) in [5.41, 5.74) is 2.77. The first kappa shape index (κ1) is 19.6. The highest BCUT2D eigenvalue weighted by Crippen LogP contribution is 2.17. The van der Waals surface area contributed by atoms with Crippen molar-refractivity contribution in [3.8, 4) is 0 Å². The molecule has 28 heavy (non-hydrogen) atoms. The van der Waals surface area contributed by atoms with Gasteiger partial charge in [-0.25, -0.2) is 4.79 Å². The zero-order valence-electron chi connectivity index (χ0n) is 16.0. The molecule has 1 atom stereocenters. The Morgan fingerprint density at radius 1 is 0.964 bits per heavy atom. The second kappa shape index (κ2) is 9.17. The van der Waals surface area contributed by atoms with E-state index in [2.05, 4.69) is 22.8 Å². The standard InChI is InChI=1S/C22H25N3O3/c1-16(7-8-17-5-3-2-4-6-17)23-22(28)24-19-11-9-18(10-12-19)15-25-20(26)13-14-21(25)27/h2-6,9-12,16H,7-8,13-15H2,1H3,(H2,23,24,28)/t16-/m0/s1. The zero-order valence-corrected chi connectivity index (χ0v) is 16.0. The molecule has 1 aliphatic heterocycles. The first-order valence-corrected chi connectivity index (χ1v) is 9.55. The predicted molar refractivity (Wildman–Crippen MR) is 108 cm³/mol. The number of nitrogens with one attached hydrogen (secondary N) is 2. The first-order valence-electron chi connectivity index (χ1n) is 9.55. The summed E-state index contributed by atoms with van der Waals surface area (Å²) in [6, 6.07) is 17.1. The van der Waals surface area contributed by atoms with Gasteiger partial charge in [-0.2, -0.15) is 0 Å². The fourth-order valence-corrected chi connectivity index (χ4v) is 3.17. The SMILES string of the molecule is C[C@@H](CCc1ccccc1)NC(=O)Nc1ccc(CN2C(=O)CCC2=O)cc1. The van der Waals surface area contributed by atoms with Crippen molar-refractivity contribution in [3.63, 3.8) is 0 Å². The number of rotatable bonds is 7. The molecule has 146 valence electrons. The van der Waals surface area contributed by atoms with Gasteiger partial charge in [0, 0.05) is 24.6 Å². The summed E-state index contributed by atoms with van der Waals surface area (Å²) >= 11 is 0. The Morgan fingerprint density at radius 2 is 1.61 bits per heavy atom. The van der Waals surface area contributed by atoms with E-state index in [1.807, 2.05) is 37.3 Å². The molecule has 3 rings (SSSR count). The lowest BCUT2D eigenvalue weighted by Gasteiger charge is -2.16. The molecule has 6 nitrogen and oxygen atoms in total. The van der Waals surface area contributed by atoms with Crippen molar-refractivity contribution in [2.45, 2.75) is 45.2 Å². The molecule has 2 aromatic carbocycles. The van der Waals surface area contributed by atoms with Crippen molar-refractivity contribution in [3.05, 3.63) is 65.7 Å². The highest BCUT2D eigenvalue weighted by molar-refractivity contribution is 6.01. The molecule has 6 heteroatoms. The van der Waals surface area contributed by atoms with Gasteiger partial charge in [-0.15, -0.1) is 0 Å². The van der Waals surface area contributed by atoms with Gasteiger partial charge in [-0.05, 0) is 43.0 Å². The molecule has 1 saturated heterocycles. The molecule has 1 fully saturated rings. The van der Waals surface area contributed by atoms with Gasteiger partial charge in [-0.1, -0.05) is 42.5 Å². The van der Waals surface area contributed by atoms with Gasteiger partial charge in [0.15, 0.2) is 0 Å². The lowest BCUT2D eigenvalue weighted by Crippen LogP contribution is -2.36. The van der Waals surface area contributed by atoms with E-state index in [0.717, 1.165) is 18.4 Å². The van der Waals surface area contributed by atoms with Crippen LogP contribution < -0.4 is 10.6 Å². The average Bonchev–Trinajstić information content (AvgIpc) is 3.00. The van der Waals surface area contributed by atoms with Crippen molar-refractivity contribution in [2.75, 3.05) is 5.32 Å². The maximum atomic E-state index is 12.2. The molecule has 0 radical (unpaired) electrons. The van der Waals surface area contributed by atoms with Crippen LogP contribution in [0.1, 0.15) is 37.3 Å². The Labute approximate surface area is 164 Å². The van der Waals surface area contributed by atoms with Crippen molar-refractivity contribution >= 4 is 23.5 Å². The van der Waals surface area contributed by atoms with Crippen molar-refractivity contribution in [1.29, 1.82) is 0 Å². The third-order valence-electron chi connectivity index (χ3n) is 4.79. The number of imide groups is 1. The summed E-state index contributed by atoms with van der Waals surface area (Å²) < 4.78 is 0. The molecule has 0 spiro atoms. The number of benzene rings is 2. The van der Waals surface area contributed by atoms with Gasteiger partial charge >= 0.3 is 6.03 Å². The lowest BCUT2D eigenvalue weighted by atomic mass is 10.1. The quantitative estimate of drug-likeness (QED) is 0.723. The number of hydrogen-bond donors (Lipinski definition) is 2. The minimum atomic E-state index is -0.252. The number of carbonyl (C=O) groups is 3. The molecular formula is C22H25N3O3. The van der Waals surface area contributed by atoms with Crippen LogP contribution in [0.5, 0.6) is 0 Å². The normalized spacial score (nSPS) is 14.8. The van der Waals surface area contributed by atoms with Crippen LogP contribution in [-0.2, 0) is 22.6 Å². The van der Waals surface area contributed by atoms with Gasteiger partial charge in [0.2, 0.25) is 11.8 Å². The van der Waals surface area contributed by atoms with E-state index in [4.69, 9.17) is 0 Å². The van der Waals surface area contributed by atoms with Gasteiger partial charge in [0.1, 0.15) is 0 Å². The summed E-state index contributed by atoms with van der Waals surface area (Å²) in [4.78, 5) is 36.8. The summed E-state index contributed by atoms with van der Waals surface area (Å²) in [6.45, 7) is 2.26. The molecular weight excluding hydrogens is 354 g/mol. The van der Waals surface area contributed by atoms with E-state index < -0.39 is 0 Å². The van der Waals surface area contributed by atoms with Crippen molar-refractivity contribution in [2.24, 2.45) is 0 Å². The Bertz CT molecular complexity index is 818. The van der Waals surface area contributed by atoms with Crippen LogP contribution in [0.15, 0.2) is 54.6 Å². The number of aryl methyl sites for hydroxylation is 1. The number of carbonyl (C=O) groups excluding carboxylic acids is 3. The molecule has 0 aromatic heterocycles. The summed E-state index contributed by atoms with van der Waals surface area (Å²) in [7, 11) is 0. The van der Waals surface area contributed by atoms with Crippen LogP contribution in [0.25, 0.3) is 0 Å². The van der Waals surface area contributed by atoms with E-state index in [1.165, 1.54) is 10.5 Å². The van der Waals surface area contributed by atoms with Crippen molar-refractivity contribution in [1.82, 2.24) is 10.2 Å². The Balaban J connectivity index is 1.45. The van der Waals surface area contributed by atoms with E-state index >= 15 is 0 Å². The predicted octanol–water partition coefficient (Wildman–Crippen LogP) is 3.48.